The molecule has 2 bridgehead atoms. The first kappa shape index (κ1) is 20.1. The van der Waals surface area contributed by atoms with Crippen molar-refractivity contribution in [2.24, 2.45) is 11.8 Å². The van der Waals surface area contributed by atoms with Crippen LogP contribution in [-0.2, 0) is 10.4 Å². The van der Waals surface area contributed by atoms with Crippen molar-refractivity contribution in [1.82, 2.24) is 9.88 Å². The number of aliphatic hydroxyl groups is 1. The Morgan fingerprint density at radius 3 is 2.79 bits per heavy atom. The van der Waals surface area contributed by atoms with E-state index in [-0.39, 0.29) is 11.9 Å². The fourth-order valence-electron chi connectivity index (χ4n) is 4.64. The molecule has 3 aliphatic rings. The van der Waals surface area contributed by atoms with Crippen LogP contribution < -0.4 is 8.92 Å². The number of aliphatic hydroxyl groups excluding tert-OH is 1. The maximum Gasteiger partial charge on any atom is 0.447 e. The average Bonchev–Trinajstić information content (AvgIpc) is 2.71. The SMILES string of the molecule is C=C[C@H]1CN2CC[C@@H]1C[C@@H]2[C@@H](O)c1cc(OS(=O)(=O)O)nc2ccc(OC)cc12. The molecule has 4 heterocycles. The summed E-state index contributed by atoms with van der Waals surface area (Å²) >= 11 is 0. The van der Waals surface area contributed by atoms with Gasteiger partial charge in [0.2, 0.25) is 5.88 Å². The smallest absolute Gasteiger partial charge is 0.447 e. The number of ether oxygens (including phenoxy) is 1. The van der Waals surface area contributed by atoms with E-state index in [0.717, 1.165) is 25.9 Å². The van der Waals surface area contributed by atoms with E-state index in [2.05, 4.69) is 20.6 Å². The van der Waals surface area contributed by atoms with Crippen LogP contribution in [-0.4, -0.2) is 54.2 Å². The Labute approximate surface area is 169 Å². The molecule has 5 rings (SSSR count). The molecule has 1 aromatic heterocycles. The summed E-state index contributed by atoms with van der Waals surface area (Å²) < 4.78 is 41.3. The molecule has 3 fully saturated rings. The van der Waals surface area contributed by atoms with Crippen LogP contribution in [0.15, 0.2) is 36.9 Å². The number of rotatable bonds is 6. The highest BCUT2D eigenvalue weighted by molar-refractivity contribution is 7.81. The Bertz CT molecular complexity index is 1040. The first-order valence-corrected chi connectivity index (χ1v) is 10.9. The van der Waals surface area contributed by atoms with Gasteiger partial charge in [0.25, 0.3) is 0 Å². The van der Waals surface area contributed by atoms with Gasteiger partial charge in [0.1, 0.15) is 5.75 Å². The minimum absolute atomic E-state index is 0.111. The largest absolute Gasteiger partial charge is 0.497 e. The quantitative estimate of drug-likeness (QED) is 0.541. The maximum absolute atomic E-state index is 11.3. The second-order valence-corrected chi connectivity index (χ2v) is 8.66. The zero-order chi connectivity index (χ0) is 20.8. The highest BCUT2D eigenvalue weighted by atomic mass is 32.3. The number of aromatic nitrogens is 1. The van der Waals surface area contributed by atoms with Gasteiger partial charge in [0.15, 0.2) is 0 Å². The molecule has 156 valence electrons. The molecule has 1 aromatic carbocycles. The molecule has 0 aliphatic carbocycles. The monoisotopic (exact) mass is 420 g/mol. The minimum atomic E-state index is -4.74. The van der Waals surface area contributed by atoms with Crippen LogP contribution in [0.5, 0.6) is 11.6 Å². The fraction of sp³-hybridized carbons (Fsp3) is 0.450. The Morgan fingerprint density at radius 1 is 1.38 bits per heavy atom. The third-order valence-electron chi connectivity index (χ3n) is 6.05. The lowest BCUT2D eigenvalue weighted by atomic mass is 9.73. The van der Waals surface area contributed by atoms with Crippen LogP contribution in [0.3, 0.4) is 0 Å². The molecule has 2 N–H and O–H groups in total. The number of hydrogen-bond acceptors (Lipinski definition) is 7. The Kier molecular flexibility index (Phi) is 5.24. The summed E-state index contributed by atoms with van der Waals surface area (Å²) in [7, 11) is -3.19. The van der Waals surface area contributed by atoms with Crippen LogP contribution in [0.25, 0.3) is 10.9 Å². The predicted molar refractivity (Wildman–Crippen MR) is 107 cm³/mol. The lowest BCUT2D eigenvalue weighted by molar-refractivity contribution is -0.0445. The van der Waals surface area contributed by atoms with Crippen molar-refractivity contribution < 1.29 is 27.0 Å². The molecule has 0 saturated carbocycles. The number of nitrogens with zero attached hydrogens (tertiary/aromatic N) is 2. The van der Waals surface area contributed by atoms with E-state index in [1.807, 2.05) is 6.08 Å². The van der Waals surface area contributed by atoms with Gasteiger partial charge in [-0.1, -0.05) is 6.08 Å². The maximum atomic E-state index is 11.3. The molecule has 0 spiro atoms. The normalized spacial score (nSPS) is 27.6. The Balaban J connectivity index is 1.77. The van der Waals surface area contributed by atoms with E-state index in [1.165, 1.54) is 6.07 Å². The summed E-state index contributed by atoms with van der Waals surface area (Å²) in [5, 5.41) is 11.9. The van der Waals surface area contributed by atoms with E-state index < -0.39 is 16.5 Å². The van der Waals surface area contributed by atoms with Gasteiger partial charge in [-0.3, -0.25) is 9.45 Å². The molecular weight excluding hydrogens is 396 g/mol. The second kappa shape index (κ2) is 7.56. The van der Waals surface area contributed by atoms with Gasteiger partial charge in [-0.05, 0) is 55.0 Å². The van der Waals surface area contributed by atoms with Crippen molar-refractivity contribution in [1.29, 1.82) is 0 Å². The molecule has 0 amide bonds. The van der Waals surface area contributed by atoms with Gasteiger partial charge < -0.3 is 14.0 Å². The summed E-state index contributed by atoms with van der Waals surface area (Å²) in [5.74, 6) is 1.18. The molecule has 3 saturated heterocycles. The van der Waals surface area contributed by atoms with E-state index >= 15 is 0 Å². The summed E-state index contributed by atoms with van der Waals surface area (Å²) in [6, 6.07) is 6.35. The van der Waals surface area contributed by atoms with Gasteiger partial charge in [0, 0.05) is 24.0 Å². The Hall–Kier alpha value is -2.20. The number of benzene rings is 1. The molecule has 0 radical (unpaired) electrons. The topological polar surface area (TPSA) is 109 Å². The van der Waals surface area contributed by atoms with Crippen molar-refractivity contribution in [2.45, 2.75) is 25.0 Å². The third kappa shape index (κ3) is 3.95. The van der Waals surface area contributed by atoms with Gasteiger partial charge in [-0.15, -0.1) is 6.58 Å². The minimum Gasteiger partial charge on any atom is -0.497 e. The van der Waals surface area contributed by atoms with Gasteiger partial charge in [-0.2, -0.15) is 8.42 Å². The van der Waals surface area contributed by atoms with E-state index in [1.54, 1.807) is 25.3 Å². The Morgan fingerprint density at radius 2 is 2.17 bits per heavy atom. The van der Waals surface area contributed by atoms with Crippen LogP contribution in [0.4, 0.5) is 0 Å². The summed E-state index contributed by atoms with van der Waals surface area (Å²) in [6.07, 6.45) is 3.00. The number of hydrogen-bond donors (Lipinski definition) is 2. The van der Waals surface area contributed by atoms with E-state index in [4.69, 9.17) is 9.29 Å². The van der Waals surface area contributed by atoms with Crippen molar-refractivity contribution in [2.75, 3.05) is 20.2 Å². The van der Waals surface area contributed by atoms with Gasteiger partial charge in [0.05, 0.1) is 18.7 Å². The molecular formula is C20H24N2O6S. The zero-order valence-electron chi connectivity index (χ0n) is 16.1. The van der Waals surface area contributed by atoms with E-state index in [9.17, 15) is 13.5 Å². The lowest BCUT2D eigenvalue weighted by Gasteiger charge is -2.50. The number of pyridine rings is 1. The fourth-order valence-corrected chi connectivity index (χ4v) is 4.94. The second-order valence-electron chi connectivity index (χ2n) is 7.63. The molecule has 8 nitrogen and oxygen atoms in total. The summed E-state index contributed by atoms with van der Waals surface area (Å²) in [6.45, 7) is 5.67. The predicted octanol–water partition coefficient (Wildman–Crippen LogP) is 2.35. The lowest BCUT2D eigenvalue weighted by Crippen LogP contribution is -2.54. The summed E-state index contributed by atoms with van der Waals surface area (Å²) in [4.78, 5) is 6.40. The third-order valence-corrected chi connectivity index (χ3v) is 6.43. The van der Waals surface area contributed by atoms with Gasteiger partial charge in [-0.25, -0.2) is 4.98 Å². The number of fused-ring (bicyclic) bond motifs is 4. The zero-order valence-corrected chi connectivity index (χ0v) is 16.9. The molecule has 5 atom stereocenters. The molecule has 9 heteroatoms. The van der Waals surface area contributed by atoms with Crippen LogP contribution in [0, 0.1) is 11.8 Å². The van der Waals surface area contributed by atoms with Crippen molar-refractivity contribution in [3.05, 3.63) is 42.5 Å². The first-order chi connectivity index (χ1) is 13.8. The highest BCUT2D eigenvalue weighted by Crippen LogP contribution is 2.42. The van der Waals surface area contributed by atoms with Crippen molar-refractivity contribution >= 4 is 21.3 Å². The summed E-state index contributed by atoms with van der Waals surface area (Å²) in [5.41, 5.74) is 0.918. The van der Waals surface area contributed by atoms with Crippen molar-refractivity contribution in [3.8, 4) is 11.6 Å². The van der Waals surface area contributed by atoms with Crippen LogP contribution >= 0.6 is 0 Å². The van der Waals surface area contributed by atoms with Gasteiger partial charge >= 0.3 is 10.4 Å². The molecule has 3 aliphatic heterocycles. The molecule has 29 heavy (non-hydrogen) atoms. The highest BCUT2D eigenvalue weighted by Gasteiger charge is 2.42. The first-order valence-electron chi connectivity index (χ1n) is 9.49. The number of methoxy groups -OCH3 is 1. The van der Waals surface area contributed by atoms with Crippen LogP contribution in [0.1, 0.15) is 24.5 Å². The average molecular weight is 420 g/mol. The number of piperidine rings is 3. The van der Waals surface area contributed by atoms with Crippen LogP contribution in [0.2, 0.25) is 0 Å². The standard InChI is InChI=1S/C20H24N2O6S/c1-3-12-11-22-7-6-13(12)8-18(22)20(23)16-10-19(28-29(24,25)26)21-17-5-4-14(27-2)9-15(16)17/h3-5,9-10,12-13,18,20,23H,1,6-8,11H2,2H3,(H,24,25,26)/t12-,13+,18+,20-/m0/s1. The van der Waals surface area contributed by atoms with E-state index in [0.29, 0.717) is 34.1 Å². The molecule has 1 unspecified atom stereocenters. The molecule has 2 aromatic rings. The van der Waals surface area contributed by atoms with Crippen molar-refractivity contribution in [3.63, 3.8) is 0 Å².